The Balaban J connectivity index is 2.12. The van der Waals surface area contributed by atoms with Gasteiger partial charge in [0.15, 0.2) is 0 Å². The lowest BCUT2D eigenvalue weighted by atomic mass is 9.82. The largest absolute Gasteiger partial charge is 0.481 e. The van der Waals surface area contributed by atoms with E-state index >= 15 is 0 Å². The minimum absolute atomic E-state index is 0.107. The molecule has 0 heterocycles. The van der Waals surface area contributed by atoms with Crippen LogP contribution in [0.25, 0.3) is 0 Å². The van der Waals surface area contributed by atoms with Crippen molar-refractivity contribution in [3.8, 4) is 0 Å². The maximum atomic E-state index is 10.7. The van der Waals surface area contributed by atoms with Gasteiger partial charge in [-0.1, -0.05) is 17.7 Å². The number of carboxylic acids is 1. The van der Waals surface area contributed by atoms with E-state index in [1.54, 1.807) is 0 Å². The van der Waals surface area contributed by atoms with Gasteiger partial charge in [-0.05, 0) is 38.1 Å². The minimum Gasteiger partial charge on any atom is -0.481 e. The van der Waals surface area contributed by atoms with Crippen molar-refractivity contribution in [3.63, 3.8) is 0 Å². The van der Waals surface area contributed by atoms with Crippen molar-refractivity contribution in [3.05, 3.63) is 11.6 Å². The molecule has 1 aliphatic rings. The topological polar surface area (TPSA) is 49.3 Å². The van der Waals surface area contributed by atoms with Crippen molar-refractivity contribution >= 4 is 17.6 Å². The van der Waals surface area contributed by atoms with Crippen LogP contribution in [0.1, 0.15) is 25.7 Å². The van der Waals surface area contributed by atoms with Gasteiger partial charge in [-0.3, -0.25) is 4.79 Å². The molecule has 0 radical (unpaired) electrons. The zero-order valence-corrected chi connectivity index (χ0v) is 9.54. The van der Waals surface area contributed by atoms with Gasteiger partial charge in [0.25, 0.3) is 0 Å². The Bertz CT molecular complexity index is 223. The molecule has 0 bridgehead atoms. The number of halogens is 1. The third kappa shape index (κ3) is 4.67. The molecule has 0 aromatic rings. The third-order valence-electron chi connectivity index (χ3n) is 2.98. The molecule has 0 saturated heterocycles. The number of carboxylic acid groups (broad SMARTS) is 1. The predicted octanol–water partition coefficient (Wildman–Crippen LogP) is 2.22. The summed E-state index contributed by atoms with van der Waals surface area (Å²) in [6.45, 7) is 1.76. The van der Waals surface area contributed by atoms with Crippen molar-refractivity contribution in [2.24, 2.45) is 11.8 Å². The van der Waals surface area contributed by atoms with Crippen LogP contribution in [0, 0.1) is 11.8 Å². The smallest absolute Gasteiger partial charge is 0.306 e. The van der Waals surface area contributed by atoms with E-state index in [0.29, 0.717) is 5.92 Å². The molecule has 1 fully saturated rings. The normalized spacial score (nSPS) is 27.0. The highest BCUT2D eigenvalue weighted by Gasteiger charge is 2.25. The van der Waals surface area contributed by atoms with Gasteiger partial charge in [-0.15, -0.1) is 0 Å². The van der Waals surface area contributed by atoms with Gasteiger partial charge in [-0.25, -0.2) is 0 Å². The molecule has 0 amide bonds. The molecule has 3 nitrogen and oxygen atoms in total. The summed E-state index contributed by atoms with van der Waals surface area (Å²) in [7, 11) is 0. The van der Waals surface area contributed by atoms with E-state index in [1.807, 2.05) is 6.08 Å². The molecular formula is C11H18ClNO2. The molecule has 0 spiro atoms. The molecule has 0 atom stereocenters. The number of hydrogen-bond donors (Lipinski definition) is 2. The average Bonchev–Trinajstić information content (AvgIpc) is 2.25. The molecule has 0 unspecified atom stereocenters. The highest BCUT2D eigenvalue weighted by molar-refractivity contribution is 6.25. The molecule has 4 heteroatoms. The van der Waals surface area contributed by atoms with Crippen LogP contribution in [0.2, 0.25) is 0 Å². The van der Waals surface area contributed by atoms with Gasteiger partial charge in [-0.2, -0.15) is 0 Å². The second-order valence-corrected chi connectivity index (χ2v) is 4.33. The zero-order chi connectivity index (χ0) is 11.1. The molecule has 15 heavy (non-hydrogen) atoms. The van der Waals surface area contributed by atoms with Crippen LogP contribution in [-0.2, 0) is 4.79 Å². The highest BCUT2D eigenvalue weighted by atomic mass is 35.5. The Hall–Kier alpha value is -0.540. The maximum Gasteiger partial charge on any atom is 0.306 e. The second kappa shape index (κ2) is 6.85. The second-order valence-electron chi connectivity index (χ2n) is 4.08. The van der Waals surface area contributed by atoms with Crippen LogP contribution in [0.5, 0.6) is 0 Å². The van der Waals surface area contributed by atoms with Crippen LogP contribution in [0.15, 0.2) is 11.6 Å². The summed E-state index contributed by atoms with van der Waals surface area (Å²) < 4.78 is 0. The molecule has 0 aromatic carbocycles. The van der Waals surface area contributed by atoms with E-state index in [1.165, 1.54) is 5.54 Å². The van der Waals surface area contributed by atoms with Crippen LogP contribution in [0.3, 0.4) is 0 Å². The fraction of sp³-hybridized carbons (Fsp3) is 0.727. The highest BCUT2D eigenvalue weighted by Crippen LogP contribution is 2.28. The quantitative estimate of drug-likeness (QED) is 0.714. The van der Waals surface area contributed by atoms with Crippen molar-refractivity contribution in [1.29, 1.82) is 0 Å². The van der Waals surface area contributed by atoms with Gasteiger partial charge in [0.05, 0.1) is 5.92 Å². The molecule has 1 aliphatic carbocycles. The first-order valence-electron chi connectivity index (χ1n) is 5.42. The fourth-order valence-corrected chi connectivity index (χ4v) is 2.12. The molecule has 86 valence electrons. The van der Waals surface area contributed by atoms with Crippen molar-refractivity contribution in [1.82, 2.24) is 5.32 Å². The van der Waals surface area contributed by atoms with Crippen molar-refractivity contribution < 1.29 is 9.90 Å². The summed E-state index contributed by atoms with van der Waals surface area (Å²) in [5.41, 5.74) is 1.51. The Kier molecular flexibility index (Phi) is 5.73. The van der Waals surface area contributed by atoms with Crippen LogP contribution in [-0.4, -0.2) is 24.2 Å². The van der Waals surface area contributed by atoms with E-state index < -0.39 is 5.97 Å². The summed E-state index contributed by atoms with van der Waals surface area (Å²) in [4.78, 5) is 10.7. The summed E-state index contributed by atoms with van der Waals surface area (Å²) in [5, 5.41) is 12.1. The summed E-state index contributed by atoms with van der Waals surface area (Å²) in [5.74, 6) is -0.111. The fourth-order valence-electron chi connectivity index (χ4n) is 2.03. The van der Waals surface area contributed by atoms with E-state index in [4.69, 9.17) is 16.7 Å². The molecule has 2 N–H and O–H groups in total. The Morgan fingerprint density at radius 2 is 2.07 bits per heavy atom. The Morgan fingerprint density at radius 1 is 1.40 bits per heavy atom. The number of hydrogen-bond acceptors (Lipinski definition) is 2. The first kappa shape index (κ1) is 12.5. The van der Waals surface area contributed by atoms with Crippen LogP contribution in [0.4, 0.5) is 0 Å². The van der Waals surface area contributed by atoms with Gasteiger partial charge in [0.2, 0.25) is 0 Å². The molecule has 1 saturated carbocycles. The van der Waals surface area contributed by atoms with E-state index in [9.17, 15) is 4.79 Å². The standard InChI is InChI=1S/C11H18ClNO2/c12-6-1-7-13-8-9-2-4-10(5-3-9)11(14)15/h1,6,9-10,13H,2-5,7-8H2,(H,14,15)/b6-1+. The lowest BCUT2D eigenvalue weighted by Gasteiger charge is -2.26. The third-order valence-corrected chi connectivity index (χ3v) is 3.16. The number of nitrogens with one attached hydrogen (secondary N) is 1. The number of carbonyl (C=O) groups is 1. The van der Waals surface area contributed by atoms with Crippen LogP contribution >= 0.6 is 11.6 Å². The monoisotopic (exact) mass is 231 g/mol. The van der Waals surface area contributed by atoms with Crippen molar-refractivity contribution in [2.75, 3.05) is 13.1 Å². The van der Waals surface area contributed by atoms with Crippen LogP contribution < -0.4 is 5.32 Å². The maximum absolute atomic E-state index is 10.7. The van der Waals surface area contributed by atoms with E-state index in [2.05, 4.69) is 5.32 Å². The number of aliphatic carboxylic acids is 1. The first-order valence-corrected chi connectivity index (χ1v) is 5.86. The van der Waals surface area contributed by atoms with Gasteiger partial charge in [0, 0.05) is 12.1 Å². The lowest BCUT2D eigenvalue weighted by Crippen LogP contribution is -2.28. The van der Waals surface area contributed by atoms with Gasteiger partial charge >= 0.3 is 5.97 Å². The van der Waals surface area contributed by atoms with Crippen molar-refractivity contribution in [2.45, 2.75) is 25.7 Å². The SMILES string of the molecule is O=C(O)C1CCC(CNC/C=C/Cl)CC1. The first-order chi connectivity index (χ1) is 7.24. The molecule has 0 aliphatic heterocycles. The van der Waals surface area contributed by atoms with Gasteiger partial charge in [0.1, 0.15) is 0 Å². The number of rotatable bonds is 5. The summed E-state index contributed by atoms with van der Waals surface area (Å²) >= 11 is 5.39. The van der Waals surface area contributed by atoms with E-state index in [0.717, 1.165) is 38.8 Å². The molecular weight excluding hydrogens is 214 g/mol. The summed E-state index contributed by atoms with van der Waals surface area (Å²) in [6.07, 6.45) is 5.56. The lowest BCUT2D eigenvalue weighted by molar-refractivity contribution is -0.143. The average molecular weight is 232 g/mol. The Labute approximate surface area is 95.5 Å². The minimum atomic E-state index is -0.633. The van der Waals surface area contributed by atoms with E-state index in [-0.39, 0.29) is 5.92 Å². The summed E-state index contributed by atoms with van der Waals surface area (Å²) in [6, 6.07) is 0. The zero-order valence-electron chi connectivity index (χ0n) is 8.79. The molecule has 0 aromatic heterocycles. The van der Waals surface area contributed by atoms with Gasteiger partial charge < -0.3 is 10.4 Å². The molecule has 1 rings (SSSR count). The Morgan fingerprint density at radius 3 is 2.60 bits per heavy atom. The predicted molar refractivity (Wildman–Crippen MR) is 60.9 cm³/mol.